The second kappa shape index (κ2) is 16.1. The zero-order chi connectivity index (χ0) is 41.6. The molecule has 2 heterocycles. The summed E-state index contributed by atoms with van der Waals surface area (Å²) >= 11 is 0. The van der Waals surface area contributed by atoms with E-state index < -0.39 is 0 Å². The summed E-state index contributed by atoms with van der Waals surface area (Å²) in [6.45, 7) is 26.7. The number of hydrogen-bond donors (Lipinski definition) is 0. The van der Waals surface area contributed by atoms with Crippen molar-refractivity contribution in [3.63, 3.8) is 0 Å². The Bertz CT molecular complexity index is 2340. The molecular weight excluding hydrogens is 721 g/mol. The normalized spacial score (nSPS) is 12.3. The predicted molar refractivity (Wildman–Crippen MR) is 247 cm³/mol. The molecule has 0 aliphatic carbocycles. The number of rotatable bonds is 6. The Labute approximate surface area is 352 Å². The highest BCUT2D eigenvalue weighted by atomic mass is 15.2. The average Bonchev–Trinajstić information content (AvgIpc) is 3.19. The van der Waals surface area contributed by atoms with Crippen molar-refractivity contribution in [2.45, 2.75) is 112 Å². The van der Waals surface area contributed by atoms with E-state index in [2.05, 4.69) is 190 Å². The molecule has 2 aromatic heterocycles. The second-order valence-electron chi connectivity index (χ2n) is 19.6. The summed E-state index contributed by atoms with van der Waals surface area (Å²) in [5, 5.41) is 19.0. The fourth-order valence-electron chi connectivity index (χ4n) is 6.97. The molecule has 59 heavy (non-hydrogen) atoms. The third-order valence-corrected chi connectivity index (χ3v) is 10.9. The van der Waals surface area contributed by atoms with Crippen LogP contribution in [-0.4, -0.2) is 30.4 Å². The summed E-state index contributed by atoms with van der Waals surface area (Å²) in [4.78, 5) is 10.4. The van der Waals surface area contributed by atoms with Gasteiger partial charge in [-0.2, -0.15) is 0 Å². The summed E-state index contributed by atoms with van der Waals surface area (Å²) in [6, 6.07) is 42.6. The quantitative estimate of drug-likeness (QED) is 0.167. The number of aromatic nitrogens is 6. The monoisotopic (exact) mass is 780 g/mol. The van der Waals surface area contributed by atoms with Gasteiger partial charge in [0.05, 0.1) is 0 Å². The highest BCUT2D eigenvalue weighted by molar-refractivity contribution is 5.81. The fraction of sp³-hybridized carbons (Fsp3) is 0.321. The molecule has 5 aromatic carbocycles. The van der Waals surface area contributed by atoms with E-state index in [9.17, 15) is 0 Å². The summed E-state index contributed by atoms with van der Waals surface area (Å²) in [5.41, 5.74) is 13.9. The summed E-state index contributed by atoms with van der Waals surface area (Å²) in [7, 11) is 0. The van der Waals surface area contributed by atoms with Gasteiger partial charge in [0.15, 0.2) is 11.6 Å². The van der Waals surface area contributed by atoms with Crippen LogP contribution >= 0.6 is 0 Å². The van der Waals surface area contributed by atoms with Crippen molar-refractivity contribution in [1.82, 2.24) is 30.4 Å². The zero-order valence-corrected chi connectivity index (χ0v) is 36.2. The Morgan fingerprint density at radius 3 is 0.678 bits per heavy atom. The molecule has 6 nitrogen and oxygen atoms in total. The first kappa shape index (κ1) is 42.7. The maximum Gasteiger partial charge on any atom is 0.182 e. The Kier molecular flexibility index (Phi) is 11.6. The molecule has 0 N–H and O–H groups in total. The summed E-state index contributed by atoms with van der Waals surface area (Å²) in [5.74, 6) is 1.09. The number of nitrogens with zero attached hydrogens (tertiary/aromatic N) is 6. The van der Waals surface area contributed by atoms with Gasteiger partial charge in [-0.15, -0.1) is 20.4 Å². The average molecular weight is 781 g/mol. The van der Waals surface area contributed by atoms with E-state index in [0.29, 0.717) is 11.6 Å². The molecule has 0 atom stereocenters. The van der Waals surface area contributed by atoms with Gasteiger partial charge >= 0.3 is 0 Å². The van der Waals surface area contributed by atoms with Crippen LogP contribution in [0.4, 0.5) is 0 Å². The minimum atomic E-state index is 0. The van der Waals surface area contributed by atoms with Crippen LogP contribution in [-0.2, 0) is 21.7 Å². The molecule has 302 valence electrons. The van der Waals surface area contributed by atoms with E-state index in [1.165, 1.54) is 22.3 Å². The van der Waals surface area contributed by atoms with Crippen molar-refractivity contribution in [3.05, 3.63) is 144 Å². The van der Waals surface area contributed by atoms with Crippen molar-refractivity contribution in [3.8, 4) is 67.8 Å². The molecule has 0 aliphatic rings. The van der Waals surface area contributed by atoms with Crippen LogP contribution in [0.2, 0.25) is 0 Å². The van der Waals surface area contributed by atoms with Crippen LogP contribution in [0.25, 0.3) is 67.8 Å². The standard InChI is InChI=1S/C52H56N6.CH4/c1-49(2,3)39-25-17-33(18-26-39)43-45(35-21-29-41(30-22-35)51(7,8)9)55-57-47(53-43)37-13-15-38(16-14-37)48-54-44(34-19-27-40(28-20-34)50(4,5)6)46(56-58-48)36-23-31-42(32-24-36)52(10,11)12;/h13-32H,1-12H3;1H4. The van der Waals surface area contributed by atoms with Gasteiger partial charge in [0, 0.05) is 33.4 Å². The first-order valence-corrected chi connectivity index (χ1v) is 20.3. The maximum absolute atomic E-state index is 5.18. The van der Waals surface area contributed by atoms with Gasteiger partial charge in [-0.05, 0) is 43.9 Å². The minimum absolute atomic E-state index is 0. The van der Waals surface area contributed by atoms with Crippen LogP contribution in [0.3, 0.4) is 0 Å². The number of benzene rings is 5. The zero-order valence-electron chi connectivity index (χ0n) is 36.2. The predicted octanol–water partition coefficient (Wildman–Crippen LogP) is 13.9. The van der Waals surface area contributed by atoms with Crippen molar-refractivity contribution >= 4 is 0 Å². The Hall–Kier alpha value is -5.88. The summed E-state index contributed by atoms with van der Waals surface area (Å²) in [6.07, 6.45) is 0. The van der Waals surface area contributed by atoms with Crippen LogP contribution < -0.4 is 0 Å². The molecule has 0 fully saturated rings. The molecule has 0 saturated heterocycles. The lowest BCUT2D eigenvalue weighted by Gasteiger charge is -2.20. The third kappa shape index (κ3) is 9.38. The molecule has 0 aliphatic heterocycles. The van der Waals surface area contributed by atoms with Gasteiger partial charge in [0.2, 0.25) is 0 Å². The SMILES string of the molecule is C.CC(C)(C)c1ccc(-c2nnc(-c3ccc(-c4nnc(-c5ccc(C(C)(C)C)cc5)c(-c5ccc(C(C)(C)C)cc5)n4)cc3)nc2-c2ccc(C(C)(C)C)cc2)cc1. The van der Waals surface area contributed by atoms with Crippen molar-refractivity contribution in [2.75, 3.05) is 0 Å². The lowest BCUT2D eigenvalue weighted by molar-refractivity contribution is 0.590. The van der Waals surface area contributed by atoms with Gasteiger partial charge < -0.3 is 0 Å². The van der Waals surface area contributed by atoms with Crippen LogP contribution in [0.5, 0.6) is 0 Å². The van der Waals surface area contributed by atoms with Crippen LogP contribution in [0.15, 0.2) is 121 Å². The second-order valence-corrected chi connectivity index (χ2v) is 19.6. The van der Waals surface area contributed by atoms with E-state index >= 15 is 0 Å². The van der Waals surface area contributed by atoms with Gasteiger partial charge in [-0.1, -0.05) is 212 Å². The van der Waals surface area contributed by atoms with Gasteiger partial charge in [0.1, 0.15) is 22.8 Å². The number of hydrogen-bond acceptors (Lipinski definition) is 6. The minimum Gasteiger partial charge on any atom is -0.224 e. The lowest BCUT2D eigenvalue weighted by atomic mass is 9.86. The molecule has 6 heteroatoms. The molecule has 0 amide bonds. The third-order valence-electron chi connectivity index (χ3n) is 10.9. The molecule has 0 saturated carbocycles. The molecule has 7 aromatic rings. The molecule has 0 spiro atoms. The van der Waals surface area contributed by atoms with Gasteiger partial charge in [-0.3, -0.25) is 0 Å². The topological polar surface area (TPSA) is 77.3 Å². The van der Waals surface area contributed by atoms with E-state index in [1.54, 1.807) is 0 Å². The molecule has 7 rings (SSSR count). The lowest BCUT2D eigenvalue weighted by Crippen LogP contribution is -2.11. The highest BCUT2D eigenvalue weighted by Gasteiger charge is 2.22. The Morgan fingerprint density at radius 1 is 0.254 bits per heavy atom. The van der Waals surface area contributed by atoms with Gasteiger partial charge in [0.25, 0.3) is 0 Å². The van der Waals surface area contributed by atoms with Crippen LogP contribution in [0.1, 0.15) is 113 Å². The van der Waals surface area contributed by atoms with Crippen LogP contribution in [0, 0.1) is 0 Å². The van der Waals surface area contributed by atoms with Gasteiger partial charge in [-0.25, -0.2) is 9.97 Å². The largest absolute Gasteiger partial charge is 0.224 e. The molecule has 0 unspecified atom stereocenters. The van der Waals surface area contributed by atoms with E-state index in [1.807, 2.05) is 24.3 Å². The first-order valence-electron chi connectivity index (χ1n) is 20.3. The molecular formula is C53H60N6. The Morgan fingerprint density at radius 2 is 0.458 bits per heavy atom. The smallest absolute Gasteiger partial charge is 0.182 e. The first-order chi connectivity index (χ1) is 27.3. The Balaban J connectivity index is 0.00000585. The van der Waals surface area contributed by atoms with Crippen molar-refractivity contribution < 1.29 is 0 Å². The maximum atomic E-state index is 5.18. The van der Waals surface area contributed by atoms with E-state index in [4.69, 9.17) is 20.2 Å². The molecule has 0 radical (unpaired) electrons. The van der Waals surface area contributed by atoms with E-state index in [0.717, 1.165) is 56.2 Å². The van der Waals surface area contributed by atoms with E-state index in [-0.39, 0.29) is 29.1 Å². The molecule has 0 bridgehead atoms. The van der Waals surface area contributed by atoms with Crippen molar-refractivity contribution in [2.24, 2.45) is 0 Å². The fourth-order valence-corrected chi connectivity index (χ4v) is 6.97. The van der Waals surface area contributed by atoms with Crippen molar-refractivity contribution in [1.29, 1.82) is 0 Å². The highest BCUT2D eigenvalue weighted by Crippen LogP contribution is 2.36. The summed E-state index contributed by atoms with van der Waals surface area (Å²) < 4.78 is 0.